The van der Waals surface area contributed by atoms with E-state index in [9.17, 15) is 0 Å². The highest BCUT2D eigenvalue weighted by atomic mass is 15.1. The minimum absolute atomic E-state index is 0.113. The Morgan fingerprint density at radius 1 is 1.05 bits per heavy atom. The van der Waals surface area contributed by atoms with Gasteiger partial charge in [-0.15, -0.1) is 0 Å². The summed E-state index contributed by atoms with van der Waals surface area (Å²) >= 11 is 0. The van der Waals surface area contributed by atoms with Gasteiger partial charge in [-0.25, -0.2) is 0 Å². The monoisotopic (exact) mass is 264 g/mol. The molecule has 0 spiro atoms. The van der Waals surface area contributed by atoms with Crippen LogP contribution >= 0.6 is 0 Å². The Morgan fingerprint density at radius 2 is 2.00 bits per heavy atom. The second kappa shape index (κ2) is 5.75. The van der Waals surface area contributed by atoms with Crippen LogP contribution in [0, 0.1) is 0 Å². The lowest BCUT2D eigenvalue weighted by Crippen LogP contribution is -2.22. The maximum absolute atomic E-state index is 4.42. The standard InChI is InChI=1S/C16H16N4/c1-2-17-16(14-7-9-19-20-11-14)13-6-5-12-4-3-8-18-15(12)10-13/h3-11,16-17H,2H2,1H3. The molecule has 0 fully saturated rings. The van der Waals surface area contributed by atoms with E-state index in [0.29, 0.717) is 0 Å². The van der Waals surface area contributed by atoms with Crippen molar-refractivity contribution in [3.8, 4) is 0 Å². The number of aromatic nitrogens is 3. The van der Waals surface area contributed by atoms with Gasteiger partial charge in [0.05, 0.1) is 17.8 Å². The number of benzene rings is 1. The predicted octanol–water partition coefficient (Wildman–Crippen LogP) is 2.72. The van der Waals surface area contributed by atoms with Crippen molar-refractivity contribution in [3.05, 3.63) is 66.1 Å². The van der Waals surface area contributed by atoms with Gasteiger partial charge < -0.3 is 5.32 Å². The molecule has 4 heteroatoms. The fourth-order valence-corrected chi connectivity index (χ4v) is 2.37. The van der Waals surface area contributed by atoms with Crippen LogP contribution in [-0.2, 0) is 0 Å². The third kappa shape index (κ3) is 2.51. The Hall–Kier alpha value is -2.33. The van der Waals surface area contributed by atoms with Gasteiger partial charge >= 0.3 is 0 Å². The normalized spacial score (nSPS) is 12.4. The third-order valence-corrected chi connectivity index (χ3v) is 3.31. The molecule has 0 saturated heterocycles. The predicted molar refractivity (Wildman–Crippen MR) is 79.3 cm³/mol. The maximum atomic E-state index is 4.42. The van der Waals surface area contributed by atoms with E-state index in [-0.39, 0.29) is 6.04 Å². The van der Waals surface area contributed by atoms with Gasteiger partial charge in [0.1, 0.15) is 0 Å². The zero-order valence-electron chi connectivity index (χ0n) is 11.3. The molecule has 0 aliphatic heterocycles. The number of nitrogens with one attached hydrogen (secondary N) is 1. The number of rotatable bonds is 4. The van der Waals surface area contributed by atoms with Crippen LogP contribution in [-0.4, -0.2) is 21.7 Å². The van der Waals surface area contributed by atoms with E-state index in [1.165, 1.54) is 5.56 Å². The van der Waals surface area contributed by atoms with E-state index in [1.54, 1.807) is 12.4 Å². The molecule has 1 atom stereocenters. The van der Waals surface area contributed by atoms with Crippen molar-refractivity contribution >= 4 is 10.9 Å². The van der Waals surface area contributed by atoms with Gasteiger partial charge in [0.25, 0.3) is 0 Å². The van der Waals surface area contributed by atoms with Crippen molar-refractivity contribution in [1.82, 2.24) is 20.5 Å². The van der Waals surface area contributed by atoms with Gasteiger partial charge in [-0.2, -0.15) is 10.2 Å². The zero-order valence-corrected chi connectivity index (χ0v) is 11.3. The first kappa shape index (κ1) is 12.7. The first-order valence-electron chi connectivity index (χ1n) is 6.73. The number of pyridine rings is 1. The van der Waals surface area contributed by atoms with Crippen LogP contribution in [0.2, 0.25) is 0 Å². The fraction of sp³-hybridized carbons (Fsp3) is 0.188. The van der Waals surface area contributed by atoms with E-state index in [1.807, 2.05) is 18.3 Å². The summed E-state index contributed by atoms with van der Waals surface area (Å²) in [6.07, 6.45) is 5.34. The SMILES string of the molecule is CCNC(c1ccnnc1)c1ccc2cccnc2c1. The van der Waals surface area contributed by atoms with E-state index in [2.05, 4.69) is 51.7 Å². The maximum Gasteiger partial charge on any atom is 0.0705 e. The first-order chi connectivity index (χ1) is 9.88. The van der Waals surface area contributed by atoms with Crippen LogP contribution in [0.3, 0.4) is 0 Å². The molecule has 2 aromatic heterocycles. The molecule has 3 aromatic rings. The summed E-state index contributed by atoms with van der Waals surface area (Å²) in [5, 5.41) is 12.4. The van der Waals surface area contributed by atoms with E-state index in [4.69, 9.17) is 0 Å². The molecule has 100 valence electrons. The van der Waals surface area contributed by atoms with E-state index < -0.39 is 0 Å². The van der Waals surface area contributed by atoms with Crippen molar-refractivity contribution in [2.75, 3.05) is 6.54 Å². The summed E-state index contributed by atoms with van der Waals surface area (Å²) in [6.45, 7) is 2.98. The Bertz CT molecular complexity index is 697. The minimum Gasteiger partial charge on any atom is -0.306 e. The first-order valence-corrected chi connectivity index (χ1v) is 6.73. The molecule has 1 unspecified atom stereocenters. The van der Waals surface area contributed by atoms with Crippen molar-refractivity contribution in [2.45, 2.75) is 13.0 Å². The van der Waals surface area contributed by atoms with Crippen LogP contribution in [0.25, 0.3) is 10.9 Å². The van der Waals surface area contributed by atoms with Crippen molar-refractivity contribution in [1.29, 1.82) is 0 Å². The van der Waals surface area contributed by atoms with Crippen LogP contribution < -0.4 is 5.32 Å². The van der Waals surface area contributed by atoms with Crippen molar-refractivity contribution in [3.63, 3.8) is 0 Å². The smallest absolute Gasteiger partial charge is 0.0705 e. The molecule has 1 N–H and O–H groups in total. The fourth-order valence-electron chi connectivity index (χ4n) is 2.37. The number of nitrogens with zero attached hydrogens (tertiary/aromatic N) is 3. The van der Waals surface area contributed by atoms with Gasteiger partial charge in [-0.3, -0.25) is 4.98 Å². The highest BCUT2D eigenvalue weighted by Crippen LogP contribution is 2.24. The van der Waals surface area contributed by atoms with Gasteiger partial charge in [0, 0.05) is 17.8 Å². The molecule has 0 amide bonds. The molecule has 0 radical (unpaired) electrons. The topological polar surface area (TPSA) is 50.7 Å². The average molecular weight is 264 g/mol. The Balaban J connectivity index is 2.05. The highest BCUT2D eigenvalue weighted by molar-refractivity contribution is 5.79. The highest BCUT2D eigenvalue weighted by Gasteiger charge is 2.13. The number of fused-ring (bicyclic) bond motifs is 1. The summed E-state index contributed by atoms with van der Waals surface area (Å²) in [7, 11) is 0. The molecule has 2 heterocycles. The molecule has 0 aliphatic rings. The number of hydrogen-bond donors (Lipinski definition) is 1. The Labute approximate surface area is 117 Å². The Morgan fingerprint density at radius 3 is 2.80 bits per heavy atom. The molecule has 4 nitrogen and oxygen atoms in total. The lowest BCUT2D eigenvalue weighted by atomic mass is 9.99. The van der Waals surface area contributed by atoms with Crippen molar-refractivity contribution in [2.24, 2.45) is 0 Å². The van der Waals surface area contributed by atoms with Gasteiger partial charge in [0.2, 0.25) is 0 Å². The van der Waals surface area contributed by atoms with Crippen LogP contribution in [0.15, 0.2) is 55.0 Å². The second-order valence-corrected chi connectivity index (χ2v) is 4.62. The van der Waals surface area contributed by atoms with E-state index >= 15 is 0 Å². The van der Waals surface area contributed by atoms with Crippen LogP contribution in [0.4, 0.5) is 0 Å². The summed E-state index contributed by atoms with van der Waals surface area (Å²) in [6, 6.07) is 12.5. The molecular formula is C16H16N4. The van der Waals surface area contributed by atoms with E-state index in [0.717, 1.165) is 23.0 Å². The number of hydrogen-bond acceptors (Lipinski definition) is 4. The minimum atomic E-state index is 0.113. The van der Waals surface area contributed by atoms with Crippen LogP contribution in [0.5, 0.6) is 0 Å². The molecule has 0 bridgehead atoms. The zero-order chi connectivity index (χ0) is 13.8. The van der Waals surface area contributed by atoms with Crippen molar-refractivity contribution < 1.29 is 0 Å². The van der Waals surface area contributed by atoms with Gasteiger partial charge in [0.15, 0.2) is 0 Å². The third-order valence-electron chi connectivity index (χ3n) is 3.31. The van der Waals surface area contributed by atoms with Crippen LogP contribution in [0.1, 0.15) is 24.1 Å². The molecule has 3 rings (SSSR count). The second-order valence-electron chi connectivity index (χ2n) is 4.62. The van der Waals surface area contributed by atoms with Gasteiger partial charge in [-0.05, 0) is 35.9 Å². The molecule has 0 saturated carbocycles. The average Bonchev–Trinajstić information content (AvgIpc) is 2.53. The van der Waals surface area contributed by atoms with Gasteiger partial charge in [-0.1, -0.05) is 25.1 Å². The lowest BCUT2D eigenvalue weighted by molar-refractivity contribution is 0.627. The molecular weight excluding hydrogens is 248 g/mol. The summed E-state index contributed by atoms with van der Waals surface area (Å²) in [5.74, 6) is 0. The summed E-state index contributed by atoms with van der Waals surface area (Å²) < 4.78 is 0. The molecule has 1 aromatic carbocycles. The quantitative estimate of drug-likeness (QED) is 0.787. The Kier molecular flexibility index (Phi) is 3.65. The molecule has 0 aliphatic carbocycles. The summed E-state index contributed by atoms with van der Waals surface area (Å²) in [5.41, 5.74) is 3.30. The lowest BCUT2D eigenvalue weighted by Gasteiger charge is -2.18. The summed E-state index contributed by atoms with van der Waals surface area (Å²) in [4.78, 5) is 4.42. The molecule has 20 heavy (non-hydrogen) atoms. The largest absolute Gasteiger partial charge is 0.306 e.